The van der Waals surface area contributed by atoms with Gasteiger partial charge in [-0.3, -0.25) is 4.79 Å². The van der Waals surface area contributed by atoms with Gasteiger partial charge in [-0.05, 0) is 54.7 Å². The number of hydrogen-bond acceptors (Lipinski definition) is 3. The van der Waals surface area contributed by atoms with Crippen LogP contribution in [-0.2, 0) is 13.1 Å². The number of amides is 3. The molecule has 3 amide bonds. The highest BCUT2D eigenvalue weighted by Crippen LogP contribution is 2.23. The third kappa shape index (κ3) is 4.89. The highest BCUT2D eigenvalue weighted by Gasteiger charge is 2.25. The summed E-state index contributed by atoms with van der Waals surface area (Å²) in [5.41, 5.74) is 2.11. The van der Waals surface area contributed by atoms with Crippen molar-refractivity contribution in [3.8, 4) is 0 Å². The van der Waals surface area contributed by atoms with Crippen LogP contribution in [-0.4, -0.2) is 27.7 Å². The number of aliphatic hydroxyl groups is 1. The molecule has 148 valence electrons. The summed E-state index contributed by atoms with van der Waals surface area (Å²) in [5, 5.41) is 15.8. The molecule has 1 aliphatic rings. The van der Waals surface area contributed by atoms with Gasteiger partial charge >= 0.3 is 6.03 Å². The monoisotopic (exact) mass is 381 g/mol. The summed E-state index contributed by atoms with van der Waals surface area (Å²) in [5.74, 6) is -0.0943. The number of carbonyl (C=O) groups excluding carboxylic acids is 2. The van der Waals surface area contributed by atoms with Gasteiger partial charge in [0.05, 0.1) is 0 Å². The van der Waals surface area contributed by atoms with E-state index in [1.165, 1.54) is 0 Å². The average molecular weight is 381 g/mol. The van der Waals surface area contributed by atoms with Gasteiger partial charge in [-0.15, -0.1) is 0 Å². The lowest BCUT2D eigenvalue weighted by molar-refractivity contribution is 0.00701. The van der Waals surface area contributed by atoms with Crippen molar-refractivity contribution >= 4 is 17.6 Å². The zero-order chi connectivity index (χ0) is 20.3. The first-order chi connectivity index (χ1) is 13.2. The zero-order valence-corrected chi connectivity index (χ0v) is 16.5. The minimum absolute atomic E-state index is 0.173. The average Bonchev–Trinajstić information content (AvgIpc) is 3.05. The molecule has 1 aliphatic heterocycles. The molecule has 3 N–H and O–H groups in total. The molecule has 6 nitrogen and oxygen atoms in total. The van der Waals surface area contributed by atoms with E-state index < -0.39 is 5.72 Å². The fourth-order valence-corrected chi connectivity index (χ4v) is 3.55. The molecule has 1 heterocycles. The van der Waals surface area contributed by atoms with Gasteiger partial charge in [0.15, 0.2) is 0 Å². The predicted molar refractivity (Wildman–Crippen MR) is 109 cm³/mol. The molecule has 0 spiro atoms. The number of carbonyl (C=O) groups is 2. The lowest BCUT2D eigenvalue weighted by Crippen LogP contribution is -2.46. The Morgan fingerprint density at radius 1 is 1.07 bits per heavy atom. The minimum atomic E-state index is -1.26. The van der Waals surface area contributed by atoms with E-state index in [2.05, 4.69) is 10.6 Å². The van der Waals surface area contributed by atoms with E-state index in [4.69, 9.17) is 0 Å². The van der Waals surface area contributed by atoms with E-state index in [-0.39, 0.29) is 17.9 Å². The number of fused-ring (bicyclic) bond motifs is 1. The molecule has 0 unspecified atom stereocenters. The summed E-state index contributed by atoms with van der Waals surface area (Å²) in [6.07, 6.45) is 0.463. The van der Waals surface area contributed by atoms with Crippen LogP contribution in [0.1, 0.15) is 48.7 Å². The summed E-state index contributed by atoms with van der Waals surface area (Å²) in [7, 11) is 0. The van der Waals surface area contributed by atoms with Gasteiger partial charge in [-0.1, -0.05) is 38.1 Å². The van der Waals surface area contributed by atoms with Crippen molar-refractivity contribution in [2.24, 2.45) is 5.92 Å². The number of hydrogen-bond donors (Lipinski definition) is 3. The Morgan fingerprint density at radius 3 is 2.18 bits per heavy atom. The molecule has 2 aromatic rings. The highest BCUT2D eigenvalue weighted by atomic mass is 16.3. The molecule has 0 saturated heterocycles. The molecular formula is C22H27N3O3. The van der Waals surface area contributed by atoms with E-state index in [0.29, 0.717) is 30.8 Å². The second-order valence-corrected chi connectivity index (χ2v) is 7.96. The molecular weight excluding hydrogens is 354 g/mol. The van der Waals surface area contributed by atoms with Crippen molar-refractivity contribution in [3.05, 3.63) is 65.2 Å². The first-order valence-electron chi connectivity index (χ1n) is 9.51. The molecule has 28 heavy (non-hydrogen) atoms. The molecule has 2 aromatic carbocycles. The van der Waals surface area contributed by atoms with Gasteiger partial charge in [-0.25, -0.2) is 4.79 Å². The summed E-state index contributed by atoms with van der Waals surface area (Å²) in [6, 6.07) is 14.5. The quantitative estimate of drug-likeness (QED) is 0.691. The van der Waals surface area contributed by atoms with Crippen LogP contribution < -0.4 is 10.6 Å². The Morgan fingerprint density at radius 2 is 1.64 bits per heavy atom. The Kier molecular flexibility index (Phi) is 5.70. The largest absolute Gasteiger partial charge is 0.371 e. The number of rotatable bonds is 5. The third-order valence-corrected chi connectivity index (χ3v) is 4.71. The van der Waals surface area contributed by atoms with E-state index in [0.717, 1.165) is 11.1 Å². The fourth-order valence-electron chi connectivity index (χ4n) is 3.55. The van der Waals surface area contributed by atoms with Crippen LogP contribution in [0.5, 0.6) is 0 Å². The fraction of sp³-hybridized carbons (Fsp3) is 0.364. The number of nitrogens with one attached hydrogen (secondary N) is 2. The number of urea groups is 1. The molecule has 3 rings (SSSR count). The predicted octanol–water partition coefficient (Wildman–Crippen LogP) is 3.72. The first kappa shape index (κ1) is 19.9. The van der Waals surface area contributed by atoms with Crippen LogP contribution in [0.4, 0.5) is 10.5 Å². The van der Waals surface area contributed by atoms with Crippen molar-refractivity contribution in [2.45, 2.75) is 46.0 Å². The van der Waals surface area contributed by atoms with Crippen molar-refractivity contribution in [1.29, 1.82) is 0 Å². The number of nitrogens with zero attached hydrogens (tertiary/aromatic N) is 1. The Hall–Kier alpha value is -2.86. The molecule has 0 aromatic heterocycles. The smallest absolute Gasteiger partial charge is 0.322 e. The van der Waals surface area contributed by atoms with Gasteiger partial charge in [0.1, 0.15) is 5.72 Å². The van der Waals surface area contributed by atoms with E-state index in [9.17, 15) is 14.7 Å². The molecule has 1 atom stereocenters. The van der Waals surface area contributed by atoms with Crippen LogP contribution in [0.25, 0.3) is 0 Å². The maximum absolute atomic E-state index is 12.5. The standard InChI is InChI=1S/C22H27N3O3/c1-15(2)12-22(3,28)24-20(26)16-8-10-19(11-9-16)23-21(27)25-13-17-6-4-5-7-18(17)14-25/h4-11,15,28H,12-14H2,1-3H3,(H,23,27)(H,24,26)/t22-/m0/s1. The van der Waals surface area contributed by atoms with E-state index in [1.807, 2.05) is 38.1 Å². The van der Waals surface area contributed by atoms with Crippen LogP contribution >= 0.6 is 0 Å². The van der Waals surface area contributed by atoms with Gasteiger partial charge in [0.2, 0.25) is 0 Å². The van der Waals surface area contributed by atoms with Crippen LogP contribution in [0, 0.1) is 5.92 Å². The first-order valence-corrected chi connectivity index (χ1v) is 9.51. The number of benzene rings is 2. The van der Waals surface area contributed by atoms with Crippen molar-refractivity contribution in [2.75, 3.05) is 5.32 Å². The second kappa shape index (κ2) is 8.02. The molecule has 0 aliphatic carbocycles. The molecule has 0 fully saturated rings. The van der Waals surface area contributed by atoms with Crippen molar-refractivity contribution in [3.63, 3.8) is 0 Å². The van der Waals surface area contributed by atoms with Crippen LogP contribution in [0.2, 0.25) is 0 Å². The lowest BCUT2D eigenvalue weighted by Gasteiger charge is -2.26. The SMILES string of the molecule is CC(C)C[C@](C)(O)NC(=O)c1ccc(NC(=O)N2Cc3ccccc3C2)cc1. The molecule has 0 bridgehead atoms. The Balaban J connectivity index is 1.57. The summed E-state index contributed by atoms with van der Waals surface area (Å²) < 4.78 is 0. The summed E-state index contributed by atoms with van der Waals surface area (Å²) in [4.78, 5) is 26.6. The summed E-state index contributed by atoms with van der Waals surface area (Å²) >= 11 is 0. The van der Waals surface area contributed by atoms with Crippen molar-refractivity contribution in [1.82, 2.24) is 10.2 Å². The normalized spacial score (nSPS) is 15.1. The topological polar surface area (TPSA) is 81.7 Å². The summed E-state index contributed by atoms with van der Waals surface area (Å²) in [6.45, 7) is 6.74. The van der Waals surface area contributed by atoms with Crippen LogP contribution in [0.15, 0.2) is 48.5 Å². The minimum Gasteiger partial charge on any atom is -0.371 e. The van der Waals surface area contributed by atoms with E-state index >= 15 is 0 Å². The van der Waals surface area contributed by atoms with E-state index in [1.54, 1.807) is 36.1 Å². The number of anilines is 1. The molecule has 0 saturated carbocycles. The van der Waals surface area contributed by atoms with Gasteiger partial charge in [0.25, 0.3) is 5.91 Å². The highest BCUT2D eigenvalue weighted by molar-refractivity contribution is 5.96. The van der Waals surface area contributed by atoms with Gasteiger partial charge in [-0.2, -0.15) is 0 Å². The lowest BCUT2D eigenvalue weighted by atomic mass is 10.0. The van der Waals surface area contributed by atoms with Crippen molar-refractivity contribution < 1.29 is 14.7 Å². The Labute approximate surface area is 165 Å². The second-order valence-electron chi connectivity index (χ2n) is 7.96. The maximum atomic E-state index is 12.5. The van der Waals surface area contributed by atoms with Gasteiger partial charge in [0, 0.05) is 24.3 Å². The maximum Gasteiger partial charge on any atom is 0.322 e. The van der Waals surface area contributed by atoms with Gasteiger partial charge < -0.3 is 20.6 Å². The third-order valence-electron chi connectivity index (χ3n) is 4.71. The molecule has 6 heteroatoms. The molecule has 0 radical (unpaired) electrons. The zero-order valence-electron chi connectivity index (χ0n) is 16.5. The van der Waals surface area contributed by atoms with Crippen LogP contribution in [0.3, 0.4) is 0 Å². The Bertz CT molecular complexity index is 835.